The Bertz CT molecular complexity index is 3300. The van der Waals surface area contributed by atoms with E-state index >= 15 is 0 Å². The van der Waals surface area contributed by atoms with Gasteiger partial charge in [0.15, 0.2) is 11.9 Å². The second kappa shape index (κ2) is 38.9. The number of aliphatic hydroxyl groups is 2. The number of ether oxygens (including phenoxy) is 7. The molecule has 4 aliphatic rings. The minimum absolute atomic E-state index is 0.00755. The summed E-state index contributed by atoms with van der Waals surface area (Å²) in [7, 11) is 2.89. The number of hydroxylamine groups is 2. The number of ketones is 1. The van der Waals surface area contributed by atoms with E-state index in [1.807, 2.05) is 102 Å². The third-order valence-electron chi connectivity index (χ3n) is 16.6. The Labute approximate surface area is 597 Å². The van der Waals surface area contributed by atoms with Crippen molar-refractivity contribution in [2.75, 3.05) is 92.9 Å². The molecule has 99 heavy (non-hydrogen) atoms. The van der Waals surface area contributed by atoms with Crippen LogP contribution >= 0.6 is 23.2 Å². The molecule has 546 valence electrons. The zero-order valence-corrected chi connectivity index (χ0v) is 62.1. The van der Waals surface area contributed by atoms with Crippen molar-refractivity contribution >= 4 is 53.2 Å². The maximum Gasteiger partial charge on any atom is 0.410 e. The Morgan fingerprint density at radius 3 is 1.39 bits per heavy atom. The van der Waals surface area contributed by atoms with Crippen LogP contribution in [0.3, 0.4) is 0 Å². The summed E-state index contributed by atoms with van der Waals surface area (Å²) in [4.78, 5) is 69.8. The molecular formula is C77H109Cl2N5O15. The maximum atomic E-state index is 12.8. The number of Topliss-reactive ketones (excluding diaryl/α,β-unsaturated/α-hetero) is 1. The molecule has 4 aliphatic heterocycles. The SMILES string of the molecule is C=CCCC(=O)[C@H]1CN(C(=O)OC(C)(C)C)CCO1.C=CCC[C@@](O)(c1cccc(Cl)c1-c1cccc(CC)c1)[C@H]1CN(C(=O)OC(C)(C)C)CCO1.C=CCC[C@@](O)(c1cccc(Cl)c1-c1cccc(CC)c1)[C@H]1CNCCO1.CON(C)C(=O)[C@H]1CN(C(=O)OC(C)(C)C)CCO1. The summed E-state index contributed by atoms with van der Waals surface area (Å²) >= 11 is 13.4. The number of hydrogen-bond acceptors (Lipinski definition) is 16. The molecule has 4 saturated heterocycles. The number of carbonyl (C=O) groups excluding carboxylic acids is 5. The Kier molecular flexibility index (Phi) is 32.6. The molecule has 0 saturated carbocycles. The Hall–Kier alpha value is -6.69. The first-order valence-electron chi connectivity index (χ1n) is 34.3. The first-order chi connectivity index (χ1) is 46.8. The first kappa shape index (κ1) is 83.0. The predicted octanol–water partition coefficient (Wildman–Crippen LogP) is 13.9. The van der Waals surface area contributed by atoms with Crippen LogP contribution in [0.15, 0.2) is 123 Å². The molecule has 3 N–H and O–H groups in total. The van der Waals surface area contributed by atoms with Crippen molar-refractivity contribution in [2.45, 2.75) is 180 Å². The van der Waals surface area contributed by atoms with Crippen molar-refractivity contribution < 1.29 is 72.2 Å². The zero-order chi connectivity index (χ0) is 73.3. The second-order valence-corrected chi connectivity index (χ2v) is 28.5. The molecule has 4 aromatic carbocycles. The first-order valence-corrected chi connectivity index (χ1v) is 35.0. The van der Waals surface area contributed by atoms with Crippen molar-refractivity contribution in [3.8, 4) is 22.3 Å². The minimum atomic E-state index is -1.39. The van der Waals surface area contributed by atoms with Crippen LogP contribution in [0, 0.1) is 0 Å². The molecule has 0 bridgehead atoms. The van der Waals surface area contributed by atoms with Gasteiger partial charge in [0.1, 0.15) is 46.3 Å². The number of carbonyl (C=O) groups is 5. The van der Waals surface area contributed by atoms with Gasteiger partial charge in [-0.25, -0.2) is 19.4 Å². The van der Waals surface area contributed by atoms with E-state index in [-0.39, 0.29) is 37.4 Å². The van der Waals surface area contributed by atoms with E-state index < -0.39 is 64.6 Å². The molecule has 0 aliphatic carbocycles. The number of halogens is 2. The molecule has 4 amide bonds. The number of morpholine rings is 4. The highest BCUT2D eigenvalue weighted by molar-refractivity contribution is 6.34. The fraction of sp³-hybridized carbons (Fsp3) is 0.545. The Morgan fingerprint density at radius 1 is 0.576 bits per heavy atom. The molecule has 0 aromatic heterocycles. The third kappa shape index (κ3) is 25.1. The van der Waals surface area contributed by atoms with Crippen LogP contribution in [-0.2, 0) is 71.6 Å². The van der Waals surface area contributed by atoms with Crippen LogP contribution in [0.5, 0.6) is 0 Å². The van der Waals surface area contributed by atoms with Crippen LogP contribution in [0.25, 0.3) is 22.3 Å². The summed E-state index contributed by atoms with van der Waals surface area (Å²) in [6.07, 6.45) is 6.88. The molecule has 0 spiro atoms. The molecule has 4 aromatic rings. The van der Waals surface area contributed by atoms with E-state index in [2.05, 4.69) is 69.2 Å². The van der Waals surface area contributed by atoms with Gasteiger partial charge in [0, 0.05) is 67.4 Å². The van der Waals surface area contributed by atoms with E-state index in [4.69, 9.17) is 61.2 Å². The molecule has 22 heteroatoms. The number of rotatable bonds is 20. The molecule has 6 atom stereocenters. The highest BCUT2D eigenvalue weighted by atomic mass is 35.5. The van der Waals surface area contributed by atoms with Gasteiger partial charge in [0.2, 0.25) is 0 Å². The average molecular weight is 1420 g/mol. The second-order valence-electron chi connectivity index (χ2n) is 27.7. The van der Waals surface area contributed by atoms with Crippen LogP contribution in [0.4, 0.5) is 14.4 Å². The van der Waals surface area contributed by atoms with Gasteiger partial charge in [-0.3, -0.25) is 14.4 Å². The average Bonchev–Trinajstić information content (AvgIpc) is 0.770. The molecule has 20 nitrogen and oxygen atoms in total. The standard InChI is InChI=1S/C28H36ClNO4.C23H28ClNO2.C14H23NO4.C12H22N2O5/c1-6-8-15-28(32,24-19-30(16-17-33-24)26(31)34-27(3,4)5)22-13-10-14-23(29)25(22)21-12-9-11-20(7-2)18-21;1-3-5-12-23(26,21-16-25-13-14-27-21)19-10-7-11-20(24)22(19)18-9-6-8-17(4-2)15-18;1-5-6-7-11(16)12-10-15(8-9-18-12)13(17)19-14(2,3)4;1-12(2,3)19-11(16)14-6-7-18-9(8-14)10(15)13(4)17-5/h6,9-14,18,24,32H,1,7-8,15-17,19H2,2-5H3;3,6-11,15,21,25-26H,1,4-5,12-14,16H2,2H3;5,12H,1,6-10H2,2-4H3;9H,6-8H2,1-5H3/t24-,28-;21-,23-;12-;9-/m1111/s1. The number of aryl methyl sites for hydroxylation is 2. The molecule has 4 fully saturated rings. The normalized spacial score (nSPS) is 19.3. The summed E-state index contributed by atoms with van der Waals surface area (Å²) in [6.45, 7) is 36.8. The van der Waals surface area contributed by atoms with Gasteiger partial charge < -0.3 is 63.4 Å². The summed E-state index contributed by atoms with van der Waals surface area (Å²) in [5.74, 6) is -0.316. The van der Waals surface area contributed by atoms with E-state index in [0.29, 0.717) is 107 Å². The summed E-state index contributed by atoms with van der Waals surface area (Å²) < 4.78 is 39.0. The van der Waals surface area contributed by atoms with Crippen molar-refractivity contribution in [3.05, 3.63) is 155 Å². The number of nitrogens with one attached hydrogen (secondary N) is 1. The Balaban J connectivity index is 0.000000246. The quantitative estimate of drug-likeness (QED) is 0.0425. The number of benzene rings is 4. The van der Waals surface area contributed by atoms with Gasteiger partial charge in [-0.1, -0.05) is 128 Å². The van der Waals surface area contributed by atoms with Crippen molar-refractivity contribution in [3.63, 3.8) is 0 Å². The topological polar surface area (TPSA) is 225 Å². The fourth-order valence-corrected chi connectivity index (χ4v) is 12.0. The number of nitrogens with zero attached hydrogens (tertiary/aromatic N) is 4. The van der Waals surface area contributed by atoms with Crippen LogP contribution in [0.1, 0.15) is 137 Å². The smallest absolute Gasteiger partial charge is 0.410 e. The number of hydrogen-bond donors (Lipinski definition) is 3. The zero-order valence-electron chi connectivity index (χ0n) is 60.6. The van der Waals surface area contributed by atoms with Crippen molar-refractivity contribution in [2.24, 2.45) is 0 Å². The number of amides is 4. The lowest BCUT2D eigenvalue weighted by Gasteiger charge is -2.43. The molecule has 0 unspecified atom stereocenters. The summed E-state index contributed by atoms with van der Waals surface area (Å²) in [6, 6.07) is 27.9. The number of allylic oxidation sites excluding steroid dienone is 3. The van der Waals surface area contributed by atoms with Gasteiger partial charge in [-0.05, 0) is 153 Å². The maximum absolute atomic E-state index is 12.8. The number of likely N-dealkylation sites (N-methyl/N-ethyl adjacent to an activating group) is 1. The van der Waals surface area contributed by atoms with Crippen molar-refractivity contribution in [1.82, 2.24) is 25.1 Å². The highest BCUT2D eigenvalue weighted by Gasteiger charge is 2.46. The summed E-state index contributed by atoms with van der Waals surface area (Å²) in [5, 5.41) is 29.7. The monoisotopic (exact) mass is 1410 g/mol. The van der Waals surface area contributed by atoms with Gasteiger partial charge in [0.05, 0.1) is 53.2 Å². The largest absolute Gasteiger partial charge is 0.444 e. The van der Waals surface area contributed by atoms with Crippen molar-refractivity contribution in [1.29, 1.82) is 0 Å². The molecule has 8 rings (SSSR count). The van der Waals surface area contributed by atoms with Gasteiger partial charge in [0.25, 0.3) is 5.91 Å². The van der Waals surface area contributed by atoms with Gasteiger partial charge in [-0.2, -0.15) is 0 Å². The van der Waals surface area contributed by atoms with E-state index in [9.17, 15) is 34.2 Å². The minimum Gasteiger partial charge on any atom is -0.444 e. The third-order valence-corrected chi connectivity index (χ3v) is 17.3. The lowest BCUT2D eigenvalue weighted by Crippen LogP contribution is -2.55. The Morgan fingerprint density at radius 2 is 0.980 bits per heavy atom. The van der Waals surface area contributed by atoms with Crippen LogP contribution in [-0.4, -0.2) is 194 Å². The lowest BCUT2D eigenvalue weighted by molar-refractivity contribution is -0.184. The van der Waals surface area contributed by atoms with E-state index in [1.165, 1.54) is 35.1 Å². The van der Waals surface area contributed by atoms with Crippen LogP contribution < -0.4 is 5.32 Å². The van der Waals surface area contributed by atoms with Crippen LogP contribution in [0.2, 0.25) is 10.0 Å². The highest BCUT2D eigenvalue weighted by Crippen LogP contribution is 2.45. The van der Waals surface area contributed by atoms with E-state index in [1.54, 1.807) is 37.8 Å². The molecule has 0 radical (unpaired) electrons. The fourth-order valence-electron chi connectivity index (χ4n) is 11.5. The van der Waals surface area contributed by atoms with Gasteiger partial charge in [-0.15, -0.1) is 19.7 Å². The molecule has 4 heterocycles. The van der Waals surface area contributed by atoms with E-state index in [0.717, 1.165) is 52.3 Å². The molecular weight excluding hydrogens is 1310 g/mol. The summed E-state index contributed by atoms with van der Waals surface area (Å²) in [5.41, 5.74) is 3.33. The lowest BCUT2D eigenvalue weighted by atomic mass is 9.79. The van der Waals surface area contributed by atoms with Gasteiger partial charge >= 0.3 is 18.3 Å². The predicted molar refractivity (Wildman–Crippen MR) is 389 cm³/mol.